The van der Waals surface area contributed by atoms with Crippen molar-refractivity contribution in [1.29, 1.82) is 0 Å². The molecule has 2 rings (SSSR count). The number of nitrogens with zero attached hydrogens (tertiary/aromatic N) is 2. The SMILES string of the molecule is FC(F)(F)n1ccc2cccnc21. The Balaban J connectivity index is 2.72. The van der Waals surface area contributed by atoms with Gasteiger partial charge in [-0.05, 0) is 18.2 Å². The van der Waals surface area contributed by atoms with Gasteiger partial charge in [0.2, 0.25) is 0 Å². The van der Waals surface area contributed by atoms with Crippen molar-refractivity contribution in [2.24, 2.45) is 0 Å². The lowest BCUT2D eigenvalue weighted by atomic mass is 10.3. The van der Waals surface area contributed by atoms with Crippen molar-refractivity contribution in [3.63, 3.8) is 0 Å². The van der Waals surface area contributed by atoms with E-state index in [0.717, 1.165) is 6.20 Å². The molecule has 0 spiro atoms. The molecule has 0 aliphatic carbocycles. The Hall–Kier alpha value is -1.52. The fourth-order valence-electron chi connectivity index (χ4n) is 1.17. The molecule has 2 heterocycles. The highest BCUT2D eigenvalue weighted by molar-refractivity contribution is 5.75. The average molecular weight is 186 g/mol. The van der Waals surface area contributed by atoms with Crippen LogP contribution in [-0.4, -0.2) is 9.55 Å². The summed E-state index contributed by atoms with van der Waals surface area (Å²) in [6, 6.07) is 4.57. The molecule has 0 amide bonds. The number of hydrogen-bond acceptors (Lipinski definition) is 1. The van der Waals surface area contributed by atoms with Gasteiger partial charge in [0.25, 0.3) is 0 Å². The van der Waals surface area contributed by atoms with Crippen molar-refractivity contribution < 1.29 is 13.2 Å². The van der Waals surface area contributed by atoms with Crippen LogP contribution in [-0.2, 0) is 6.30 Å². The lowest BCUT2D eigenvalue weighted by Crippen LogP contribution is -2.15. The van der Waals surface area contributed by atoms with E-state index in [0.29, 0.717) is 5.39 Å². The highest BCUT2D eigenvalue weighted by atomic mass is 19.4. The minimum atomic E-state index is -4.39. The largest absolute Gasteiger partial charge is 0.490 e. The van der Waals surface area contributed by atoms with Crippen molar-refractivity contribution in [2.75, 3.05) is 0 Å². The lowest BCUT2D eigenvalue weighted by Gasteiger charge is -2.07. The van der Waals surface area contributed by atoms with Crippen molar-refractivity contribution in [3.05, 3.63) is 30.6 Å². The maximum Gasteiger partial charge on any atom is 0.490 e. The van der Waals surface area contributed by atoms with E-state index in [1.165, 1.54) is 12.3 Å². The average Bonchev–Trinajstić information content (AvgIpc) is 2.45. The van der Waals surface area contributed by atoms with Crippen molar-refractivity contribution in [2.45, 2.75) is 6.30 Å². The highest BCUT2D eigenvalue weighted by Crippen LogP contribution is 2.26. The van der Waals surface area contributed by atoms with Crippen molar-refractivity contribution in [1.82, 2.24) is 9.55 Å². The Morgan fingerprint density at radius 3 is 2.69 bits per heavy atom. The van der Waals surface area contributed by atoms with E-state index in [1.54, 1.807) is 12.1 Å². The molecule has 0 aromatic carbocycles. The number of fused-ring (bicyclic) bond motifs is 1. The van der Waals surface area contributed by atoms with Gasteiger partial charge >= 0.3 is 6.30 Å². The molecule has 0 bridgehead atoms. The third kappa shape index (κ3) is 1.26. The lowest BCUT2D eigenvalue weighted by molar-refractivity contribution is -0.201. The molecule has 0 saturated heterocycles. The van der Waals surface area contributed by atoms with E-state index in [4.69, 9.17) is 0 Å². The van der Waals surface area contributed by atoms with E-state index in [1.807, 2.05) is 0 Å². The standard InChI is InChI=1S/C8H5F3N2/c9-8(10,11)13-5-3-6-2-1-4-12-7(6)13/h1-5H. The van der Waals surface area contributed by atoms with Crippen LogP contribution in [0.15, 0.2) is 30.6 Å². The van der Waals surface area contributed by atoms with Gasteiger partial charge in [-0.1, -0.05) is 0 Å². The molecule has 0 radical (unpaired) electrons. The molecule has 2 aromatic rings. The maximum absolute atomic E-state index is 12.3. The molecule has 2 nitrogen and oxygen atoms in total. The minimum Gasteiger partial charge on any atom is -0.243 e. The van der Waals surface area contributed by atoms with Crippen LogP contribution in [0.3, 0.4) is 0 Å². The molecule has 0 unspecified atom stereocenters. The first-order valence-corrected chi connectivity index (χ1v) is 3.58. The normalized spacial score (nSPS) is 12.2. The second-order valence-corrected chi connectivity index (χ2v) is 2.57. The predicted octanol–water partition coefficient (Wildman–Crippen LogP) is 2.51. The van der Waals surface area contributed by atoms with E-state index in [2.05, 4.69) is 4.98 Å². The Bertz CT molecular complexity index is 430. The summed E-state index contributed by atoms with van der Waals surface area (Å²) in [7, 11) is 0. The van der Waals surface area contributed by atoms with Crippen LogP contribution in [0, 0.1) is 0 Å². The van der Waals surface area contributed by atoms with Crippen LogP contribution in [0.5, 0.6) is 0 Å². The van der Waals surface area contributed by atoms with Crippen molar-refractivity contribution in [3.8, 4) is 0 Å². The van der Waals surface area contributed by atoms with Gasteiger partial charge in [-0.2, -0.15) is 0 Å². The number of halogens is 3. The first kappa shape index (κ1) is 8.10. The molecule has 68 valence electrons. The molecule has 0 atom stereocenters. The Morgan fingerprint density at radius 2 is 2.00 bits per heavy atom. The summed E-state index contributed by atoms with van der Waals surface area (Å²) in [5.74, 6) is 0. The van der Waals surface area contributed by atoms with Crippen molar-refractivity contribution >= 4 is 11.0 Å². The van der Waals surface area contributed by atoms with Gasteiger partial charge < -0.3 is 0 Å². The Kier molecular flexibility index (Phi) is 1.55. The smallest absolute Gasteiger partial charge is 0.243 e. The zero-order valence-electron chi connectivity index (χ0n) is 6.42. The van der Waals surface area contributed by atoms with Crippen LogP contribution < -0.4 is 0 Å². The minimum absolute atomic E-state index is 0.0602. The van der Waals surface area contributed by atoms with Crippen LogP contribution in [0.25, 0.3) is 11.0 Å². The summed E-state index contributed by atoms with van der Waals surface area (Å²) in [5.41, 5.74) is -0.0602. The predicted molar refractivity (Wildman–Crippen MR) is 41.0 cm³/mol. The molecular formula is C8H5F3N2. The second-order valence-electron chi connectivity index (χ2n) is 2.57. The van der Waals surface area contributed by atoms with E-state index < -0.39 is 6.30 Å². The fourth-order valence-corrected chi connectivity index (χ4v) is 1.17. The molecule has 0 N–H and O–H groups in total. The molecular weight excluding hydrogens is 181 g/mol. The van der Waals surface area contributed by atoms with Gasteiger partial charge in [0.1, 0.15) is 5.65 Å². The van der Waals surface area contributed by atoms with Crippen LogP contribution in [0.2, 0.25) is 0 Å². The highest BCUT2D eigenvalue weighted by Gasteiger charge is 2.31. The number of pyridine rings is 1. The maximum atomic E-state index is 12.3. The third-order valence-electron chi connectivity index (χ3n) is 1.72. The van der Waals surface area contributed by atoms with Crippen LogP contribution >= 0.6 is 0 Å². The number of hydrogen-bond donors (Lipinski definition) is 0. The van der Waals surface area contributed by atoms with Gasteiger partial charge in [0, 0.05) is 17.8 Å². The molecule has 13 heavy (non-hydrogen) atoms. The van der Waals surface area contributed by atoms with Gasteiger partial charge in [-0.15, -0.1) is 13.2 Å². The first-order chi connectivity index (χ1) is 6.09. The second kappa shape index (κ2) is 2.48. The topological polar surface area (TPSA) is 17.8 Å². The number of rotatable bonds is 0. The van der Waals surface area contributed by atoms with Gasteiger partial charge in [0.05, 0.1) is 0 Å². The summed E-state index contributed by atoms with van der Waals surface area (Å²) >= 11 is 0. The van der Waals surface area contributed by atoms with Gasteiger partial charge in [0.15, 0.2) is 0 Å². The summed E-state index contributed by atoms with van der Waals surface area (Å²) in [6.07, 6.45) is -2.08. The summed E-state index contributed by atoms with van der Waals surface area (Å²) < 4.78 is 37.0. The number of aromatic nitrogens is 2. The third-order valence-corrected chi connectivity index (χ3v) is 1.72. The molecule has 0 saturated carbocycles. The molecule has 0 aliphatic heterocycles. The Morgan fingerprint density at radius 1 is 1.23 bits per heavy atom. The van der Waals surface area contributed by atoms with E-state index in [-0.39, 0.29) is 10.2 Å². The van der Waals surface area contributed by atoms with Gasteiger partial charge in [-0.3, -0.25) is 0 Å². The Labute approximate surface area is 71.6 Å². The summed E-state index contributed by atoms with van der Waals surface area (Å²) in [5, 5.41) is 0.486. The summed E-state index contributed by atoms with van der Waals surface area (Å²) in [6.45, 7) is 0. The molecule has 0 fully saturated rings. The molecule has 5 heteroatoms. The first-order valence-electron chi connectivity index (χ1n) is 3.58. The molecule has 0 aliphatic rings. The van der Waals surface area contributed by atoms with Crippen LogP contribution in [0.4, 0.5) is 13.2 Å². The zero-order chi connectivity index (χ0) is 9.47. The van der Waals surface area contributed by atoms with Gasteiger partial charge in [-0.25, -0.2) is 9.55 Å². The monoisotopic (exact) mass is 186 g/mol. The van der Waals surface area contributed by atoms with Crippen LogP contribution in [0.1, 0.15) is 0 Å². The molecule has 2 aromatic heterocycles. The summed E-state index contributed by atoms with van der Waals surface area (Å²) in [4.78, 5) is 3.65. The zero-order valence-corrected chi connectivity index (χ0v) is 6.42. The fraction of sp³-hybridized carbons (Fsp3) is 0.125. The quantitative estimate of drug-likeness (QED) is 0.618. The number of alkyl halides is 3. The van der Waals surface area contributed by atoms with E-state index in [9.17, 15) is 13.2 Å². The van der Waals surface area contributed by atoms with E-state index >= 15 is 0 Å².